The molecule has 5 nitrogen and oxygen atoms in total. The van der Waals surface area contributed by atoms with Gasteiger partial charge in [0.2, 0.25) is 5.91 Å². The van der Waals surface area contributed by atoms with Crippen LogP contribution in [-0.4, -0.2) is 32.7 Å². The van der Waals surface area contributed by atoms with Crippen molar-refractivity contribution in [2.24, 2.45) is 0 Å². The van der Waals surface area contributed by atoms with Gasteiger partial charge in [0.25, 0.3) is 0 Å². The zero-order valence-corrected chi connectivity index (χ0v) is 12.8. The smallest absolute Gasteiger partial charge is 0.237 e. The van der Waals surface area contributed by atoms with Crippen molar-refractivity contribution in [1.82, 2.24) is 10.6 Å². The molecular weight excluding hydrogens is 268 g/mol. The fourth-order valence-electron chi connectivity index (χ4n) is 2.56. The summed E-state index contributed by atoms with van der Waals surface area (Å²) in [4.78, 5) is 12.2. The molecular formula is C16H24N2O3. The SMILES string of the molecule is COc1ccc(CNC(=O)C2CCCCCN2)cc1OC. The maximum atomic E-state index is 12.2. The van der Waals surface area contributed by atoms with Gasteiger partial charge in [-0.1, -0.05) is 18.9 Å². The largest absolute Gasteiger partial charge is 0.493 e. The van der Waals surface area contributed by atoms with Crippen LogP contribution < -0.4 is 20.1 Å². The average molecular weight is 292 g/mol. The summed E-state index contributed by atoms with van der Waals surface area (Å²) in [6.45, 7) is 1.42. The van der Waals surface area contributed by atoms with E-state index in [-0.39, 0.29) is 11.9 Å². The third kappa shape index (κ3) is 4.36. The summed E-state index contributed by atoms with van der Waals surface area (Å²) >= 11 is 0. The van der Waals surface area contributed by atoms with Crippen LogP contribution in [0.1, 0.15) is 31.2 Å². The molecule has 116 valence electrons. The molecule has 1 heterocycles. The molecule has 1 aromatic rings. The number of amides is 1. The molecule has 1 atom stereocenters. The molecule has 0 bridgehead atoms. The van der Waals surface area contributed by atoms with Crippen LogP contribution in [-0.2, 0) is 11.3 Å². The van der Waals surface area contributed by atoms with Gasteiger partial charge >= 0.3 is 0 Å². The fourth-order valence-corrected chi connectivity index (χ4v) is 2.56. The van der Waals surface area contributed by atoms with Gasteiger partial charge in [-0.25, -0.2) is 0 Å². The third-order valence-corrected chi connectivity index (χ3v) is 3.79. The van der Waals surface area contributed by atoms with Crippen LogP contribution in [0.3, 0.4) is 0 Å². The molecule has 1 aromatic carbocycles. The van der Waals surface area contributed by atoms with Crippen LogP contribution in [0.15, 0.2) is 18.2 Å². The monoisotopic (exact) mass is 292 g/mol. The summed E-state index contributed by atoms with van der Waals surface area (Å²) in [5.41, 5.74) is 0.995. The Morgan fingerprint density at radius 3 is 2.81 bits per heavy atom. The summed E-state index contributed by atoms with van der Waals surface area (Å²) in [5.74, 6) is 1.45. The van der Waals surface area contributed by atoms with E-state index < -0.39 is 0 Å². The topological polar surface area (TPSA) is 59.6 Å². The van der Waals surface area contributed by atoms with Gasteiger partial charge in [-0.15, -0.1) is 0 Å². The van der Waals surface area contributed by atoms with E-state index in [9.17, 15) is 4.79 Å². The Bertz CT molecular complexity index is 469. The number of methoxy groups -OCH3 is 2. The maximum Gasteiger partial charge on any atom is 0.237 e. The molecule has 5 heteroatoms. The highest BCUT2D eigenvalue weighted by Gasteiger charge is 2.19. The summed E-state index contributed by atoms with van der Waals surface area (Å²) in [6, 6.07) is 5.61. The highest BCUT2D eigenvalue weighted by Crippen LogP contribution is 2.27. The molecule has 2 N–H and O–H groups in total. The molecule has 0 saturated carbocycles. The van der Waals surface area contributed by atoms with Crippen molar-refractivity contribution < 1.29 is 14.3 Å². The summed E-state index contributed by atoms with van der Waals surface area (Å²) in [7, 11) is 3.21. The van der Waals surface area contributed by atoms with Crippen LogP contribution in [0.4, 0.5) is 0 Å². The van der Waals surface area contributed by atoms with E-state index in [1.165, 1.54) is 6.42 Å². The molecule has 1 saturated heterocycles. The van der Waals surface area contributed by atoms with E-state index >= 15 is 0 Å². The second kappa shape index (κ2) is 7.88. The second-order valence-corrected chi connectivity index (χ2v) is 5.26. The lowest BCUT2D eigenvalue weighted by atomic mass is 10.1. The number of rotatable bonds is 5. The van der Waals surface area contributed by atoms with E-state index in [4.69, 9.17) is 9.47 Å². The predicted octanol–water partition coefficient (Wildman–Crippen LogP) is 1.85. The highest BCUT2D eigenvalue weighted by molar-refractivity contribution is 5.81. The normalized spacial score (nSPS) is 18.7. The Balaban J connectivity index is 1.91. The van der Waals surface area contributed by atoms with E-state index in [1.807, 2.05) is 18.2 Å². The Morgan fingerprint density at radius 2 is 2.05 bits per heavy atom. The lowest BCUT2D eigenvalue weighted by Crippen LogP contribution is -2.43. The maximum absolute atomic E-state index is 12.2. The zero-order chi connectivity index (χ0) is 15.1. The molecule has 21 heavy (non-hydrogen) atoms. The van der Waals surface area contributed by atoms with Crippen molar-refractivity contribution in [1.29, 1.82) is 0 Å². The zero-order valence-electron chi connectivity index (χ0n) is 12.8. The Hall–Kier alpha value is -1.75. The Morgan fingerprint density at radius 1 is 1.24 bits per heavy atom. The first kappa shape index (κ1) is 15.6. The standard InChI is InChI=1S/C16H24N2O3/c1-20-14-8-7-12(10-15(14)21-2)11-18-16(19)13-6-4-3-5-9-17-13/h7-8,10,13,17H,3-6,9,11H2,1-2H3,(H,18,19). The number of ether oxygens (including phenoxy) is 2. The average Bonchev–Trinajstić information content (AvgIpc) is 2.81. The fraction of sp³-hybridized carbons (Fsp3) is 0.562. The van der Waals surface area contributed by atoms with Gasteiger partial charge in [0.1, 0.15) is 0 Å². The first-order chi connectivity index (χ1) is 10.2. The van der Waals surface area contributed by atoms with E-state index in [0.717, 1.165) is 31.4 Å². The summed E-state index contributed by atoms with van der Waals surface area (Å²) in [6.07, 6.45) is 4.38. The predicted molar refractivity (Wildman–Crippen MR) is 81.7 cm³/mol. The van der Waals surface area contributed by atoms with E-state index in [2.05, 4.69) is 10.6 Å². The molecule has 0 aromatic heterocycles. The van der Waals surface area contributed by atoms with E-state index in [1.54, 1.807) is 14.2 Å². The van der Waals surface area contributed by atoms with Gasteiger partial charge in [0, 0.05) is 6.54 Å². The van der Waals surface area contributed by atoms with Gasteiger partial charge in [-0.3, -0.25) is 4.79 Å². The number of carbonyl (C=O) groups excluding carboxylic acids is 1. The van der Waals surface area contributed by atoms with Crippen LogP contribution >= 0.6 is 0 Å². The number of hydrogen-bond acceptors (Lipinski definition) is 4. The molecule has 1 fully saturated rings. The van der Waals surface area contributed by atoms with Crippen molar-refractivity contribution in [3.05, 3.63) is 23.8 Å². The molecule has 0 aliphatic carbocycles. The minimum absolute atomic E-state index is 0.0624. The van der Waals surface area contributed by atoms with Crippen molar-refractivity contribution >= 4 is 5.91 Å². The van der Waals surface area contributed by atoms with Gasteiger partial charge in [0.15, 0.2) is 11.5 Å². The van der Waals surface area contributed by atoms with Crippen molar-refractivity contribution in [3.8, 4) is 11.5 Å². The van der Waals surface area contributed by atoms with Crippen LogP contribution in [0.5, 0.6) is 11.5 Å². The number of benzene rings is 1. The van der Waals surface area contributed by atoms with Gasteiger partial charge < -0.3 is 20.1 Å². The molecule has 1 aliphatic heterocycles. The van der Waals surface area contributed by atoms with Gasteiger partial charge in [0.05, 0.1) is 20.3 Å². The van der Waals surface area contributed by atoms with Crippen LogP contribution in [0.2, 0.25) is 0 Å². The number of hydrogen-bond donors (Lipinski definition) is 2. The van der Waals surface area contributed by atoms with Crippen molar-refractivity contribution in [2.45, 2.75) is 38.3 Å². The Kier molecular flexibility index (Phi) is 5.87. The molecule has 1 amide bonds. The second-order valence-electron chi connectivity index (χ2n) is 5.26. The molecule has 1 aliphatic rings. The lowest BCUT2D eigenvalue weighted by Gasteiger charge is -2.16. The first-order valence-electron chi connectivity index (χ1n) is 7.46. The summed E-state index contributed by atoms with van der Waals surface area (Å²) < 4.78 is 10.5. The summed E-state index contributed by atoms with van der Waals surface area (Å²) in [5, 5.41) is 6.29. The lowest BCUT2D eigenvalue weighted by molar-refractivity contribution is -0.123. The number of carbonyl (C=O) groups is 1. The quantitative estimate of drug-likeness (QED) is 0.869. The van der Waals surface area contributed by atoms with Crippen molar-refractivity contribution in [2.75, 3.05) is 20.8 Å². The molecule has 0 radical (unpaired) electrons. The van der Waals surface area contributed by atoms with Gasteiger partial charge in [-0.2, -0.15) is 0 Å². The minimum Gasteiger partial charge on any atom is -0.493 e. The highest BCUT2D eigenvalue weighted by atomic mass is 16.5. The first-order valence-corrected chi connectivity index (χ1v) is 7.46. The Labute approximate surface area is 126 Å². The van der Waals surface area contributed by atoms with Crippen LogP contribution in [0, 0.1) is 0 Å². The minimum atomic E-state index is -0.0624. The third-order valence-electron chi connectivity index (χ3n) is 3.79. The van der Waals surface area contributed by atoms with Gasteiger partial charge in [-0.05, 0) is 37.1 Å². The molecule has 2 rings (SSSR count). The molecule has 0 spiro atoms. The number of nitrogens with one attached hydrogen (secondary N) is 2. The molecule has 1 unspecified atom stereocenters. The van der Waals surface area contributed by atoms with Crippen molar-refractivity contribution in [3.63, 3.8) is 0 Å². The van der Waals surface area contributed by atoms with Crippen LogP contribution in [0.25, 0.3) is 0 Å². The van der Waals surface area contributed by atoms with E-state index in [0.29, 0.717) is 18.0 Å².